The Kier molecular flexibility index (Phi) is 11.9. The number of nitrogens with zero attached hydrogens (tertiary/aromatic N) is 2. The molecule has 2 amide bonds. The maximum Gasteiger partial charge on any atom is 0.264 e. The van der Waals surface area contributed by atoms with E-state index in [1.54, 1.807) is 56.3 Å². The van der Waals surface area contributed by atoms with Crippen molar-refractivity contribution in [3.63, 3.8) is 0 Å². The van der Waals surface area contributed by atoms with Crippen LogP contribution < -0.4 is 14.4 Å². The molecule has 2 atom stereocenters. The zero-order valence-corrected chi connectivity index (χ0v) is 26.9. The molecule has 3 aromatic carbocycles. The molecule has 42 heavy (non-hydrogen) atoms. The molecule has 0 aliphatic carbocycles. The fraction of sp³-hybridized carbons (Fsp3) is 0.333. The fourth-order valence-corrected chi connectivity index (χ4v) is 6.09. The summed E-state index contributed by atoms with van der Waals surface area (Å²) in [6.45, 7) is 6.74. The Balaban J connectivity index is 2.10. The summed E-state index contributed by atoms with van der Waals surface area (Å²) in [5, 5.41) is 3.98. The van der Waals surface area contributed by atoms with Gasteiger partial charge in [-0.25, -0.2) is 8.42 Å². The van der Waals surface area contributed by atoms with Crippen molar-refractivity contribution < 1.29 is 22.7 Å². The molecule has 0 aliphatic heterocycles. The highest BCUT2D eigenvalue weighted by Crippen LogP contribution is 2.33. The Morgan fingerprint density at radius 1 is 0.929 bits per heavy atom. The zero-order valence-electron chi connectivity index (χ0n) is 23.8. The van der Waals surface area contributed by atoms with Crippen LogP contribution in [0, 0.1) is 0 Å². The van der Waals surface area contributed by atoms with Crippen LogP contribution in [0.5, 0.6) is 5.75 Å². The van der Waals surface area contributed by atoms with E-state index in [4.69, 9.17) is 39.5 Å². The molecule has 226 valence electrons. The second-order valence-corrected chi connectivity index (χ2v) is 12.8. The minimum atomic E-state index is -4.29. The number of ether oxygens (including phenoxy) is 1. The molecule has 0 saturated carbocycles. The van der Waals surface area contributed by atoms with Gasteiger partial charge in [0.15, 0.2) is 0 Å². The van der Waals surface area contributed by atoms with E-state index >= 15 is 0 Å². The maximum absolute atomic E-state index is 14.1. The van der Waals surface area contributed by atoms with Gasteiger partial charge in [-0.15, -0.1) is 0 Å². The van der Waals surface area contributed by atoms with E-state index < -0.39 is 28.5 Å². The van der Waals surface area contributed by atoms with E-state index in [0.29, 0.717) is 27.1 Å². The lowest BCUT2D eigenvalue weighted by atomic mass is 10.1. The number of anilines is 1. The number of carbonyl (C=O) groups excluding carboxylic acids is 2. The van der Waals surface area contributed by atoms with Gasteiger partial charge in [0.1, 0.15) is 18.3 Å². The molecular weight excluding hydrogens is 621 g/mol. The summed E-state index contributed by atoms with van der Waals surface area (Å²) in [4.78, 5) is 28.6. The van der Waals surface area contributed by atoms with Crippen LogP contribution in [-0.2, 0) is 26.2 Å². The summed E-state index contributed by atoms with van der Waals surface area (Å²) in [6, 6.07) is 15.9. The summed E-state index contributed by atoms with van der Waals surface area (Å²) < 4.78 is 34.8. The van der Waals surface area contributed by atoms with Crippen molar-refractivity contribution in [2.75, 3.05) is 17.5 Å². The summed E-state index contributed by atoms with van der Waals surface area (Å²) in [7, 11) is -4.29. The molecule has 8 nitrogen and oxygen atoms in total. The van der Waals surface area contributed by atoms with Crippen LogP contribution in [0.1, 0.15) is 39.7 Å². The monoisotopic (exact) mass is 653 g/mol. The van der Waals surface area contributed by atoms with E-state index in [1.165, 1.54) is 29.2 Å². The lowest BCUT2D eigenvalue weighted by Gasteiger charge is -2.33. The lowest BCUT2D eigenvalue weighted by Crippen LogP contribution is -2.52. The van der Waals surface area contributed by atoms with Crippen LogP contribution in [-0.4, -0.2) is 50.4 Å². The van der Waals surface area contributed by atoms with Crippen LogP contribution in [0.2, 0.25) is 15.1 Å². The quantitative estimate of drug-likeness (QED) is 0.225. The van der Waals surface area contributed by atoms with Crippen molar-refractivity contribution in [3.05, 3.63) is 87.4 Å². The molecule has 0 unspecified atom stereocenters. The number of nitrogens with one attached hydrogen (secondary N) is 1. The van der Waals surface area contributed by atoms with E-state index in [-0.39, 0.29) is 41.4 Å². The smallest absolute Gasteiger partial charge is 0.264 e. The second-order valence-electron chi connectivity index (χ2n) is 9.62. The van der Waals surface area contributed by atoms with Crippen molar-refractivity contribution in [2.24, 2.45) is 0 Å². The molecule has 3 aromatic rings. The number of para-hydroxylation sites is 2. The van der Waals surface area contributed by atoms with Crippen LogP contribution >= 0.6 is 34.8 Å². The number of halogens is 3. The van der Waals surface area contributed by atoms with Gasteiger partial charge in [-0.1, -0.05) is 59.9 Å². The van der Waals surface area contributed by atoms with Gasteiger partial charge in [0, 0.05) is 27.7 Å². The Morgan fingerprint density at radius 2 is 1.57 bits per heavy atom. The summed E-state index contributed by atoms with van der Waals surface area (Å²) >= 11 is 18.5. The average Bonchev–Trinajstić information content (AvgIpc) is 2.95. The summed E-state index contributed by atoms with van der Waals surface area (Å²) in [6.07, 6.45) is 0.691. The molecule has 0 radical (unpaired) electrons. The van der Waals surface area contributed by atoms with Crippen molar-refractivity contribution in [1.82, 2.24) is 10.2 Å². The molecule has 0 fully saturated rings. The first-order valence-electron chi connectivity index (χ1n) is 13.4. The second kappa shape index (κ2) is 15.0. The van der Waals surface area contributed by atoms with Gasteiger partial charge in [-0.05, 0) is 81.3 Å². The van der Waals surface area contributed by atoms with Crippen LogP contribution in [0.15, 0.2) is 71.6 Å². The average molecular weight is 655 g/mol. The Morgan fingerprint density at radius 3 is 2.19 bits per heavy atom. The first-order valence-corrected chi connectivity index (χ1v) is 16.0. The predicted molar refractivity (Wildman–Crippen MR) is 168 cm³/mol. The zero-order chi connectivity index (χ0) is 31.0. The van der Waals surface area contributed by atoms with Crippen LogP contribution in [0.25, 0.3) is 0 Å². The fourth-order valence-electron chi connectivity index (χ4n) is 4.07. The highest BCUT2D eigenvalue weighted by Gasteiger charge is 2.34. The Hall–Kier alpha value is -2.98. The van der Waals surface area contributed by atoms with E-state index in [1.807, 2.05) is 13.8 Å². The van der Waals surface area contributed by atoms with Crippen LogP contribution in [0.4, 0.5) is 5.69 Å². The van der Waals surface area contributed by atoms with Gasteiger partial charge in [0.25, 0.3) is 10.0 Å². The van der Waals surface area contributed by atoms with Gasteiger partial charge < -0.3 is 15.0 Å². The predicted octanol–water partition coefficient (Wildman–Crippen LogP) is 6.57. The van der Waals surface area contributed by atoms with Gasteiger partial charge in [-0.3, -0.25) is 13.9 Å². The van der Waals surface area contributed by atoms with E-state index in [9.17, 15) is 18.0 Å². The highest BCUT2D eigenvalue weighted by atomic mass is 35.5. The van der Waals surface area contributed by atoms with Gasteiger partial charge in [0.2, 0.25) is 11.8 Å². The lowest BCUT2D eigenvalue weighted by molar-refractivity contribution is -0.139. The molecule has 0 bridgehead atoms. The normalized spacial score (nSPS) is 12.7. The van der Waals surface area contributed by atoms with Crippen molar-refractivity contribution >= 4 is 62.3 Å². The van der Waals surface area contributed by atoms with Crippen molar-refractivity contribution in [2.45, 2.75) is 57.6 Å². The molecule has 1 N–H and O–H groups in total. The largest absolute Gasteiger partial charge is 0.492 e. The minimum absolute atomic E-state index is 0.0636. The maximum atomic E-state index is 14.1. The Labute approximate surface area is 262 Å². The molecule has 3 rings (SSSR count). The van der Waals surface area contributed by atoms with Crippen molar-refractivity contribution in [1.29, 1.82) is 0 Å². The molecule has 0 saturated heterocycles. The topological polar surface area (TPSA) is 96.0 Å². The third-order valence-electron chi connectivity index (χ3n) is 6.64. The third kappa shape index (κ3) is 8.31. The van der Waals surface area contributed by atoms with Gasteiger partial charge in [-0.2, -0.15) is 0 Å². The number of carbonyl (C=O) groups is 2. The standard InChI is InChI=1S/C30H34Cl3N3O5S/c1-5-20(3)34-30(38)21(4)35(18-22-11-12-24(32)17-26(22)33)29(37)19-36(27-9-7-8-10-28(27)41-6-2)42(39,40)25-15-13-23(31)14-16-25/h7-17,20-21H,5-6,18-19H2,1-4H3,(H,34,38)/t20-,21+/m1/s1. The number of hydrogen-bond donors (Lipinski definition) is 1. The summed E-state index contributed by atoms with van der Waals surface area (Å²) in [5.74, 6) is -0.735. The molecule has 0 aliphatic rings. The van der Waals surface area contributed by atoms with Gasteiger partial charge in [0.05, 0.1) is 17.2 Å². The molecular formula is C30H34Cl3N3O5S. The Bertz CT molecular complexity index is 1500. The molecule has 12 heteroatoms. The molecule has 0 spiro atoms. The van der Waals surface area contributed by atoms with E-state index in [2.05, 4.69) is 5.32 Å². The van der Waals surface area contributed by atoms with Crippen LogP contribution in [0.3, 0.4) is 0 Å². The number of sulfonamides is 1. The number of rotatable bonds is 13. The van der Waals surface area contributed by atoms with Gasteiger partial charge >= 0.3 is 0 Å². The summed E-state index contributed by atoms with van der Waals surface area (Å²) in [5.41, 5.74) is 0.711. The highest BCUT2D eigenvalue weighted by molar-refractivity contribution is 7.92. The number of benzene rings is 3. The molecule has 0 aromatic heterocycles. The number of hydrogen-bond acceptors (Lipinski definition) is 5. The van der Waals surface area contributed by atoms with E-state index in [0.717, 1.165) is 4.31 Å². The first-order chi connectivity index (χ1) is 19.9. The SMILES string of the molecule is CCOc1ccccc1N(CC(=O)N(Cc1ccc(Cl)cc1Cl)[C@@H](C)C(=O)N[C@H](C)CC)S(=O)(=O)c1ccc(Cl)cc1. The molecule has 0 heterocycles. The van der Waals surface area contributed by atoms with Crippen molar-refractivity contribution in [3.8, 4) is 5.75 Å². The third-order valence-corrected chi connectivity index (χ3v) is 9.25. The first kappa shape index (κ1) is 33.5. The minimum Gasteiger partial charge on any atom is -0.492 e. The number of amides is 2.